The number of allylic oxidation sites excluding steroid dienone is 2. The first-order valence-corrected chi connectivity index (χ1v) is 13.0. The molecule has 0 fully saturated rings. The van der Waals surface area contributed by atoms with Crippen LogP contribution in [0.1, 0.15) is 52.4 Å². The summed E-state index contributed by atoms with van der Waals surface area (Å²) < 4.78 is 11.6. The van der Waals surface area contributed by atoms with Gasteiger partial charge in [0.2, 0.25) is 0 Å². The molecule has 2 aromatic carbocycles. The average molecular weight is 461 g/mol. The Hall–Kier alpha value is -2.78. The lowest BCUT2D eigenvalue weighted by atomic mass is 10.1. The predicted molar refractivity (Wildman–Crippen MR) is 144 cm³/mol. The molecule has 0 aliphatic heterocycles. The van der Waals surface area contributed by atoms with E-state index in [1.54, 1.807) is 11.3 Å². The lowest BCUT2D eigenvalue weighted by Gasteiger charge is -2.05. The standard InChI is InChI=1S/C30H36O2S/c1-3-5-7-9-11-23-31-27-17-13-25(14-18-27)29-21-22-30(33-29)26-15-19-28(20-16-26)32-24-12-10-8-6-4-2/h9-22H,3-8,23-24H2,1-2H3. The average Bonchev–Trinajstić information content (AvgIpc) is 3.35. The SMILES string of the molecule is CCCCC=CCOc1ccc(-c2ccc(-c3ccc(OCC=CCCCC)cc3)s2)cc1. The van der Waals surface area contributed by atoms with Gasteiger partial charge >= 0.3 is 0 Å². The molecule has 0 unspecified atom stereocenters. The number of benzene rings is 2. The predicted octanol–water partition coefficient (Wildman–Crippen LogP) is 9.33. The van der Waals surface area contributed by atoms with E-state index in [4.69, 9.17) is 9.47 Å². The van der Waals surface area contributed by atoms with Crippen LogP contribution in [-0.2, 0) is 0 Å². The van der Waals surface area contributed by atoms with Gasteiger partial charge in [-0.1, -0.05) is 63.8 Å². The maximum absolute atomic E-state index is 5.82. The van der Waals surface area contributed by atoms with Crippen molar-refractivity contribution in [1.29, 1.82) is 0 Å². The molecule has 0 N–H and O–H groups in total. The minimum atomic E-state index is 0.626. The molecule has 0 spiro atoms. The summed E-state index contributed by atoms with van der Waals surface area (Å²) in [7, 11) is 0. The summed E-state index contributed by atoms with van der Waals surface area (Å²) in [6.45, 7) is 5.67. The van der Waals surface area contributed by atoms with Crippen LogP contribution in [0.25, 0.3) is 20.9 Å². The summed E-state index contributed by atoms with van der Waals surface area (Å²) in [4.78, 5) is 2.52. The third kappa shape index (κ3) is 8.58. The molecular formula is C30H36O2S. The largest absolute Gasteiger partial charge is 0.490 e. The van der Waals surface area contributed by atoms with Crippen molar-refractivity contribution in [2.75, 3.05) is 13.2 Å². The van der Waals surface area contributed by atoms with Crippen LogP contribution in [0, 0.1) is 0 Å². The molecule has 0 saturated carbocycles. The number of hydrogen-bond acceptors (Lipinski definition) is 3. The highest BCUT2D eigenvalue weighted by Gasteiger charge is 2.06. The maximum Gasteiger partial charge on any atom is 0.119 e. The number of unbranched alkanes of at least 4 members (excludes halogenated alkanes) is 4. The summed E-state index contributed by atoms with van der Waals surface area (Å²) in [5, 5.41) is 0. The van der Waals surface area contributed by atoms with E-state index in [-0.39, 0.29) is 0 Å². The normalized spacial score (nSPS) is 11.5. The molecule has 0 bridgehead atoms. The zero-order valence-electron chi connectivity index (χ0n) is 20.0. The Balaban J connectivity index is 1.51. The molecule has 0 amide bonds. The molecule has 3 aromatic rings. The second kappa shape index (κ2) is 14.4. The molecule has 3 rings (SSSR count). The van der Waals surface area contributed by atoms with Crippen LogP contribution < -0.4 is 9.47 Å². The van der Waals surface area contributed by atoms with Crippen molar-refractivity contribution in [3.05, 3.63) is 85.0 Å². The number of hydrogen-bond donors (Lipinski definition) is 0. The Bertz CT molecular complexity index is 901. The third-order valence-corrected chi connectivity index (χ3v) is 6.54. The quantitative estimate of drug-likeness (QED) is 0.176. The van der Waals surface area contributed by atoms with Crippen molar-refractivity contribution in [2.24, 2.45) is 0 Å². The Morgan fingerprint density at radius 2 is 1.00 bits per heavy atom. The van der Waals surface area contributed by atoms with Gasteiger partial charge in [-0.3, -0.25) is 0 Å². The van der Waals surface area contributed by atoms with Crippen molar-refractivity contribution < 1.29 is 9.47 Å². The van der Waals surface area contributed by atoms with Crippen LogP contribution in [0.4, 0.5) is 0 Å². The van der Waals surface area contributed by atoms with Crippen LogP contribution in [0.5, 0.6) is 11.5 Å². The minimum absolute atomic E-state index is 0.626. The van der Waals surface area contributed by atoms with E-state index in [2.05, 4.69) is 98.8 Å². The van der Waals surface area contributed by atoms with Gasteiger partial charge in [0.15, 0.2) is 0 Å². The molecule has 1 aromatic heterocycles. The molecule has 2 nitrogen and oxygen atoms in total. The Morgan fingerprint density at radius 3 is 1.39 bits per heavy atom. The van der Waals surface area contributed by atoms with Crippen LogP contribution in [0.15, 0.2) is 85.0 Å². The second-order valence-corrected chi connectivity index (χ2v) is 9.15. The van der Waals surface area contributed by atoms with Gasteiger partial charge in [-0.25, -0.2) is 0 Å². The summed E-state index contributed by atoms with van der Waals surface area (Å²) in [5.41, 5.74) is 2.43. The minimum Gasteiger partial charge on any atom is -0.490 e. The molecule has 1 heterocycles. The summed E-state index contributed by atoms with van der Waals surface area (Å²) in [6.07, 6.45) is 15.8. The Labute approximate surface area is 203 Å². The smallest absolute Gasteiger partial charge is 0.119 e. The van der Waals surface area contributed by atoms with Gasteiger partial charge in [-0.2, -0.15) is 0 Å². The number of ether oxygens (including phenoxy) is 2. The van der Waals surface area contributed by atoms with Crippen LogP contribution >= 0.6 is 11.3 Å². The molecular weight excluding hydrogens is 424 g/mol. The third-order valence-electron chi connectivity index (χ3n) is 5.36. The van der Waals surface area contributed by atoms with E-state index in [0.717, 1.165) is 24.3 Å². The van der Waals surface area contributed by atoms with Crippen molar-refractivity contribution in [2.45, 2.75) is 52.4 Å². The van der Waals surface area contributed by atoms with E-state index in [0.29, 0.717) is 13.2 Å². The van der Waals surface area contributed by atoms with Crippen molar-refractivity contribution in [3.63, 3.8) is 0 Å². The summed E-state index contributed by atoms with van der Waals surface area (Å²) in [5.74, 6) is 1.82. The lowest BCUT2D eigenvalue weighted by Crippen LogP contribution is -1.92. The number of rotatable bonds is 14. The van der Waals surface area contributed by atoms with Crippen LogP contribution in [-0.4, -0.2) is 13.2 Å². The fourth-order valence-electron chi connectivity index (χ4n) is 3.38. The molecule has 3 heteroatoms. The van der Waals surface area contributed by atoms with Gasteiger partial charge in [-0.05, 0) is 84.6 Å². The zero-order valence-corrected chi connectivity index (χ0v) is 20.8. The highest BCUT2D eigenvalue weighted by Crippen LogP contribution is 2.35. The van der Waals surface area contributed by atoms with Gasteiger partial charge in [-0.15, -0.1) is 11.3 Å². The molecule has 0 saturated heterocycles. The molecule has 0 atom stereocenters. The van der Waals surface area contributed by atoms with Crippen molar-refractivity contribution in [3.8, 4) is 32.4 Å². The van der Waals surface area contributed by atoms with Gasteiger partial charge < -0.3 is 9.47 Å². The molecule has 174 valence electrons. The fourth-order valence-corrected chi connectivity index (χ4v) is 4.40. The van der Waals surface area contributed by atoms with E-state index in [9.17, 15) is 0 Å². The Morgan fingerprint density at radius 1 is 0.576 bits per heavy atom. The highest BCUT2D eigenvalue weighted by atomic mass is 32.1. The van der Waals surface area contributed by atoms with Crippen molar-refractivity contribution in [1.82, 2.24) is 0 Å². The van der Waals surface area contributed by atoms with Crippen molar-refractivity contribution >= 4 is 11.3 Å². The van der Waals surface area contributed by atoms with E-state index in [1.807, 2.05) is 0 Å². The van der Waals surface area contributed by atoms with Gasteiger partial charge in [0.1, 0.15) is 24.7 Å². The monoisotopic (exact) mass is 460 g/mol. The molecule has 33 heavy (non-hydrogen) atoms. The second-order valence-electron chi connectivity index (χ2n) is 8.06. The first kappa shape index (κ1) is 24.9. The molecule has 0 radical (unpaired) electrons. The summed E-state index contributed by atoms with van der Waals surface area (Å²) in [6, 6.07) is 21.1. The van der Waals surface area contributed by atoms with E-state index >= 15 is 0 Å². The van der Waals surface area contributed by atoms with Gasteiger partial charge in [0.25, 0.3) is 0 Å². The van der Waals surface area contributed by atoms with E-state index in [1.165, 1.54) is 46.6 Å². The van der Waals surface area contributed by atoms with Crippen LogP contribution in [0.3, 0.4) is 0 Å². The first-order valence-electron chi connectivity index (χ1n) is 12.2. The van der Waals surface area contributed by atoms with E-state index < -0.39 is 0 Å². The zero-order chi connectivity index (χ0) is 23.1. The van der Waals surface area contributed by atoms with Gasteiger partial charge in [0.05, 0.1) is 0 Å². The van der Waals surface area contributed by atoms with Gasteiger partial charge in [0, 0.05) is 9.75 Å². The molecule has 0 aliphatic carbocycles. The molecule has 0 aliphatic rings. The number of thiophene rings is 1. The fraction of sp³-hybridized carbons (Fsp3) is 0.333. The highest BCUT2D eigenvalue weighted by molar-refractivity contribution is 7.18. The lowest BCUT2D eigenvalue weighted by molar-refractivity contribution is 0.362. The maximum atomic E-state index is 5.82. The van der Waals surface area contributed by atoms with Crippen LogP contribution in [0.2, 0.25) is 0 Å². The first-order chi connectivity index (χ1) is 16.3. The Kier molecular flexibility index (Phi) is 10.8. The topological polar surface area (TPSA) is 18.5 Å². The summed E-state index contributed by atoms with van der Waals surface area (Å²) >= 11 is 1.80.